The molecule has 0 radical (unpaired) electrons. The third-order valence-electron chi connectivity index (χ3n) is 2.41. The molecular weight excluding hydrogens is 234 g/mol. The van der Waals surface area contributed by atoms with E-state index in [2.05, 4.69) is 10.1 Å². The van der Waals surface area contributed by atoms with E-state index in [0.717, 1.165) is 21.3 Å². The van der Waals surface area contributed by atoms with Crippen LogP contribution in [0.15, 0.2) is 34.4 Å². The van der Waals surface area contributed by atoms with E-state index in [9.17, 15) is 5.11 Å². The Morgan fingerprint density at radius 3 is 2.76 bits per heavy atom. The molecule has 0 aliphatic heterocycles. The quantitative estimate of drug-likeness (QED) is 0.907. The SMILES string of the molecule is Cc1cc(Sc2cc([C@@H](C)O)ccn2)n(C)n1. The molecule has 4 nitrogen and oxygen atoms in total. The Hall–Kier alpha value is -1.33. The van der Waals surface area contributed by atoms with Crippen molar-refractivity contribution >= 4 is 11.8 Å². The standard InChI is InChI=1S/C12H15N3OS/c1-8-6-12(15(3)14-8)17-11-7-10(9(2)16)4-5-13-11/h4-7,9,16H,1-3H3/t9-/m1/s1. The Balaban J connectivity index is 2.24. The van der Waals surface area contributed by atoms with Gasteiger partial charge in [0, 0.05) is 13.2 Å². The molecule has 5 heteroatoms. The molecule has 0 unspecified atom stereocenters. The molecule has 0 aromatic carbocycles. The van der Waals surface area contributed by atoms with Crippen molar-refractivity contribution in [1.82, 2.24) is 14.8 Å². The Kier molecular flexibility index (Phi) is 3.49. The number of aliphatic hydroxyl groups excluding tert-OH is 1. The second kappa shape index (κ2) is 4.89. The summed E-state index contributed by atoms with van der Waals surface area (Å²) in [6.07, 6.45) is 1.25. The smallest absolute Gasteiger partial charge is 0.103 e. The summed E-state index contributed by atoms with van der Waals surface area (Å²) in [5.41, 5.74) is 1.86. The summed E-state index contributed by atoms with van der Waals surface area (Å²) in [6.45, 7) is 3.71. The Bertz CT molecular complexity index is 522. The highest BCUT2D eigenvalue weighted by atomic mass is 32.2. The van der Waals surface area contributed by atoms with Crippen LogP contribution in [0.4, 0.5) is 0 Å². The first-order valence-corrected chi connectivity index (χ1v) is 6.20. The first-order chi connectivity index (χ1) is 8.06. The summed E-state index contributed by atoms with van der Waals surface area (Å²) in [4.78, 5) is 4.28. The van der Waals surface area contributed by atoms with Gasteiger partial charge >= 0.3 is 0 Å². The minimum absolute atomic E-state index is 0.467. The van der Waals surface area contributed by atoms with Crippen LogP contribution in [-0.2, 0) is 7.05 Å². The lowest BCUT2D eigenvalue weighted by Gasteiger charge is -2.06. The van der Waals surface area contributed by atoms with E-state index >= 15 is 0 Å². The predicted molar refractivity (Wildman–Crippen MR) is 66.9 cm³/mol. The van der Waals surface area contributed by atoms with Crippen LogP contribution in [0.3, 0.4) is 0 Å². The number of hydrogen-bond acceptors (Lipinski definition) is 4. The summed E-state index contributed by atoms with van der Waals surface area (Å²) in [7, 11) is 1.91. The van der Waals surface area contributed by atoms with Crippen LogP contribution < -0.4 is 0 Å². The lowest BCUT2D eigenvalue weighted by Crippen LogP contribution is -1.94. The molecule has 0 bridgehead atoms. The van der Waals surface area contributed by atoms with Gasteiger partial charge < -0.3 is 5.11 Å². The minimum atomic E-state index is -0.467. The van der Waals surface area contributed by atoms with Gasteiger partial charge in [-0.2, -0.15) is 5.10 Å². The van der Waals surface area contributed by atoms with Crippen molar-refractivity contribution < 1.29 is 5.11 Å². The fourth-order valence-electron chi connectivity index (χ4n) is 1.53. The Labute approximate surface area is 105 Å². The summed E-state index contributed by atoms with van der Waals surface area (Å²) in [6, 6.07) is 5.74. The summed E-state index contributed by atoms with van der Waals surface area (Å²) in [5.74, 6) is 0. The second-order valence-corrected chi connectivity index (χ2v) is 4.99. The lowest BCUT2D eigenvalue weighted by molar-refractivity contribution is 0.199. The zero-order valence-corrected chi connectivity index (χ0v) is 10.9. The molecule has 0 fully saturated rings. The fourth-order valence-corrected chi connectivity index (χ4v) is 2.46. The number of rotatable bonds is 3. The van der Waals surface area contributed by atoms with Gasteiger partial charge in [0.1, 0.15) is 10.1 Å². The van der Waals surface area contributed by atoms with Crippen molar-refractivity contribution in [1.29, 1.82) is 0 Å². The predicted octanol–water partition coefficient (Wildman–Crippen LogP) is 2.33. The first-order valence-electron chi connectivity index (χ1n) is 5.39. The molecular formula is C12H15N3OS. The van der Waals surface area contributed by atoms with Crippen LogP contribution in [-0.4, -0.2) is 19.9 Å². The number of nitrogens with zero attached hydrogens (tertiary/aromatic N) is 3. The van der Waals surface area contributed by atoms with E-state index in [0.29, 0.717) is 0 Å². The van der Waals surface area contributed by atoms with Gasteiger partial charge in [-0.25, -0.2) is 4.98 Å². The van der Waals surface area contributed by atoms with Crippen molar-refractivity contribution in [3.05, 3.63) is 35.7 Å². The maximum atomic E-state index is 9.52. The average Bonchev–Trinajstić information content (AvgIpc) is 2.58. The van der Waals surface area contributed by atoms with Gasteiger partial charge in [0.15, 0.2) is 0 Å². The highest BCUT2D eigenvalue weighted by Crippen LogP contribution is 2.27. The number of pyridine rings is 1. The molecule has 17 heavy (non-hydrogen) atoms. The highest BCUT2D eigenvalue weighted by Gasteiger charge is 2.07. The zero-order chi connectivity index (χ0) is 12.4. The van der Waals surface area contributed by atoms with Gasteiger partial charge in [-0.3, -0.25) is 4.68 Å². The number of aryl methyl sites for hydroxylation is 2. The molecule has 1 N–H and O–H groups in total. The number of aromatic nitrogens is 3. The average molecular weight is 249 g/mol. The van der Waals surface area contributed by atoms with Gasteiger partial charge in [0.25, 0.3) is 0 Å². The molecule has 0 saturated heterocycles. The van der Waals surface area contributed by atoms with E-state index in [-0.39, 0.29) is 0 Å². The van der Waals surface area contributed by atoms with Gasteiger partial charge in [-0.15, -0.1) is 0 Å². The van der Waals surface area contributed by atoms with E-state index < -0.39 is 6.10 Å². The maximum Gasteiger partial charge on any atom is 0.103 e. The molecule has 2 heterocycles. The molecule has 0 spiro atoms. The molecule has 0 saturated carbocycles. The Morgan fingerprint density at radius 2 is 2.18 bits per heavy atom. The summed E-state index contributed by atoms with van der Waals surface area (Å²) < 4.78 is 1.83. The molecule has 0 aliphatic carbocycles. The zero-order valence-electron chi connectivity index (χ0n) is 10.1. The number of hydrogen-bond donors (Lipinski definition) is 1. The monoisotopic (exact) mass is 249 g/mol. The Morgan fingerprint density at radius 1 is 1.41 bits per heavy atom. The normalized spacial score (nSPS) is 12.7. The van der Waals surface area contributed by atoms with Crippen LogP contribution in [0.1, 0.15) is 24.3 Å². The molecule has 0 amide bonds. The fraction of sp³-hybridized carbons (Fsp3) is 0.333. The minimum Gasteiger partial charge on any atom is -0.389 e. The third-order valence-corrected chi connectivity index (χ3v) is 3.43. The van der Waals surface area contributed by atoms with Crippen LogP contribution in [0.2, 0.25) is 0 Å². The molecule has 1 atom stereocenters. The topological polar surface area (TPSA) is 50.9 Å². The number of aliphatic hydroxyl groups is 1. The third kappa shape index (κ3) is 2.87. The van der Waals surface area contributed by atoms with Gasteiger partial charge in [-0.1, -0.05) is 11.8 Å². The molecule has 0 aliphatic rings. The van der Waals surface area contributed by atoms with Crippen LogP contribution in [0.5, 0.6) is 0 Å². The van der Waals surface area contributed by atoms with Crippen LogP contribution in [0, 0.1) is 6.92 Å². The van der Waals surface area contributed by atoms with E-state index in [4.69, 9.17) is 0 Å². The van der Waals surface area contributed by atoms with E-state index in [1.165, 1.54) is 0 Å². The van der Waals surface area contributed by atoms with Crippen molar-refractivity contribution in [2.75, 3.05) is 0 Å². The molecule has 90 valence electrons. The molecule has 2 aromatic heterocycles. The van der Waals surface area contributed by atoms with Crippen molar-refractivity contribution in [3.8, 4) is 0 Å². The van der Waals surface area contributed by atoms with Gasteiger partial charge in [0.05, 0.1) is 11.8 Å². The first kappa shape index (κ1) is 12.1. The molecule has 2 aromatic rings. The molecule has 2 rings (SSSR count). The summed E-state index contributed by atoms with van der Waals surface area (Å²) in [5, 5.41) is 15.7. The van der Waals surface area contributed by atoms with Crippen molar-refractivity contribution in [2.45, 2.75) is 30.0 Å². The largest absolute Gasteiger partial charge is 0.389 e. The van der Waals surface area contributed by atoms with Crippen molar-refractivity contribution in [3.63, 3.8) is 0 Å². The van der Waals surface area contributed by atoms with E-state index in [1.807, 2.05) is 36.9 Å². The second-order valence-electron chi connectivity index (χ2n) is 3.95. The van der Waals surface area contributed by atoms with Gasteiger partial charge in [-0.05, 0) is 37.6 Å². The van der Waals surface area contributed by atoms with Crippen LogP contribution >= 0.6 is 11.8 Å². The maximum absolute atomic E-state index is 9.52. The van der Waals surface area contributed by atoms with E-state index in [1.54, 1.807) is 24.9 Å². The van der Waals surface area contributed by atoms with Gasteiger partial charge in [0.2, 0.25) is 0 Å². The van der Waals surface area contributed by atoms with Crippen molar-refractivity contribution in [2.24, 2.45) is 7.05 Å². The lowest BCUT2D eigenvalue weighted by atomic mass is 10.2. The highest BCUT2D eigenvalue weighted by molar-refractivity contribution is 7.99. The van der Waals surface area contributed by atoms with Crippen LogP contribution in [0.25, 0.3) is 0 Å². The summed E-state index contributed by atoms with van der Waals surface area (Å²) >= 11 is 1.54.